The molecule has 0 aliphatic rings. The number of allylic oxidation sites excluding steroid dienone is 2. The summed E-state index contributed by atoms with van der Waals surface area (Å²) in [4.78, 5) is 0. The summed E-state index contributed by atoms with van der Waals surface area (Å²) in [7, 11) is -0.892. The Balaban J connectivity index is 0.000000206. The normalized spacial score (nSPS) is 9.81. The van der Waals surface area contributed by atoms with Crippen LogP contribution in [0.15, 0.2) is 207 Å². The number of hydrogen-bond acceptors (Lipinski definition) is 0. The zero-order valence-corrected chi connectivity index (χ0v) is 28.2. The van der Waals surface area contributed by atoms with Crippen LogP contribution in [0.1, 0.15) is 0 Å². The second-order valence-electron chi connectivity index (χ2n) is 9.16. The van der Waals surface area contributed by atoms with E-state index in [1.54, 1.807) is 12.2 Å². The van der Waals surface area contributed by atoms with Crippen LogP contribution in [0, 0.1) is 0 Å². The molecule has 0 N–H and O–H groups in total. The van der Waals surface area contributed by atoms with E-state index in [1.807, 2.05) is 0 Å². The van der Waals surface area contributed by atoms with Gasteiger partial charge in [0, 0.05) is 21.1 Å². The monoisotopic (exact) mass is 773 g/mol. The molecule has 0 bridgehead atoms. The zero-order chi connectivity index (χ0) is 29.2. The van der Waals surface area contributed by atoms with Gasteiger partial charge in [-0.2, -0.15) is 0 Å². The van der Waals surface area contributed by atoms with Crippen LogP contribution < -0.4 is 31.8 Å². The molecule has 3 heteroatoms. The maximum atomic E-state index is 3.36. The van der Waals surface area contributed by atoms with Gasteiger partial charge in [-0.15, -0.1) is 0 Å². The Bertz CT molecular complexity index is 1260. The van der Waals surface area contributed by atoms with Crippen LogP contribution in [0.5, 0.6) is 0 Å². The Morgan fingerprint density at radius 3 is 0.535 bits per heavy atom. The molecule has 0 heterocycles. The fraction of sp³-hybridized carbons (Fsp3) is 0. The van der Waals surface area contributed by atoms with Gasteiger partial charge in [-0.3, -0.25) is 0 Å². The van der Waals surface area contributed by atoms with E-state index in [4.69, 9.17) is 0 Å². The summed E-state index contributed by atoms with van der Waals surface area (Å²) in [5, 5.41) is 8.39. The molecular formula is C40H36P2Pt. The first kappa shape index (κ1) is 33.8. The Morgan fingerprint density at radius 1 is 0.279 bits per heavy atom. The first-order valence-corrected chi connectivity index (χ1v) is 16.6. The Hall–Kier alpha value is -3.65. The molecule has 0 spiro atoms. The van der Waals surface area contributed by atoms with Crippen molar-refractivity contribution < 1.29 is 21.1 Å². The van der Waals surface area contributed by atoms with E-state index >= 15 is 0 Å². The summed E-state index contributed by atoms with van der Waals surface area (Å²) in [6.07, 6.45) is 3.28. The van der Waals surface area contributed by atoms with E-state index in [2.05, 4.69) is 195 Å². The molecule has 0 unspecified atom stereocenters. The molecule has 6 aromatic rings. The fourth-order valence-corrected chi connectivity index (χ4v) is 8.97. The fourth-order valence-electron chi connectivity index (χ4n) is 4.36. The van der Waals surface area contributed by atoms with Crippen LogP contribution in [-0.2, 0) is 21.1 Å². The minimum atomic E-state index is -0.446. The van der Waals surface area contributed by atoms with Crippen molar-refractivity contribution in [1.82, 2.24) is 0 Å². The molecule has 6 aromatic carbocycles. The molecule has 0 saturated carbocycles. The van der Waals surface area contributed by atoms with Crippen LogP contribution in [-0.4, -0.2) is 0 Å². The molecule has 43 heavy (non-hydrogen) atoms. The van der Waals surface area contributed by atoms with E-state index in [9.17, 15) is 0 Å². The van der Waals surface area contributed by atoms with Crippen molar-refractivity contribution >= 4 is 47.7 Å². The van der Waals surface area contributed by atoms with Crippen molar-refractivity contribution in [2.45, 2.75) is 0 Å². The molecule has 0 amide bonds. The van der Waals surface area contributed by atoms with E-state index in [0.717, 1.165) is 0 Å². The summed E-state index contributed by atoms with van der Waals surface area (Å²) in [5.74, 6) is 0. The molecule has 0 nitrogen and oxygen atoms in total. The van der Waals surface area contributed by atoms with Crippen LogP contribution in [0.2, 0.25) is 0 Å². The molecule has 6 rings (SSSR count). The molecule has 0 aliphatic carbocycles. The van der Waals surface area contributed by atoms with Gasteiger partial charge in [0.25, 0.3) is 0 Å². The Labute approximate surface area is 274 Å². The maximum Gasteiger partial charge on any atom is 0 e. The van der Waals surface area contributed by atoms with E-state index in [1.165, 1.54) is 31.8 Å². The summed E-state index contributed by atoms with van der Waals surface area (Å²) in [6.45, 7) is 6.72. The van der Waals surface area contributed by atoms with Crippen molar-refractivity contribution in [2.24, 2.45) is 0 Å². The van der Waals surface area contributed by atoms with Gasteiger partial charge in [-0.05, 0) is 47.7 Å². The molecule has 0 aromatic heterocycles. The van der Waals surface area contributed by atoms with Gasteiger partial charge in [0.2, 0.25) is 0 Å². The molecule has 0 saturated heterocycles. The van der Waals surface area contributed by atoms with Crippen LogP contribution in [0.25, 0.3) is 0 Å². The van der Waals surface area contributed by atoms with Gasteiger partial charge >= 0.3 is 0 Å². The zero-order valence-electron chi connectivity index (χ0n) is 24.1. The molecule has 0 radical (unpaired) electrons. The average molecular weight is 774 g/mol. The summed E-state index contributed by atoms with van der Waals surface area (Å²) in [5.41, 5.74) is 0. The van der Waals surface area contributed by atoms with Crippen molar-refractivity contribution in [2.75, 3.05) is 0 Å². The van der Waals surface area contributed by atoms with Crippen LogP contribution in [0.4, 0.5) is 0 Å². The predicted molar refractivity (Wildman–Crippen MR) is 191 cm³/mol. The average Bonchev–Trinajstić information content (AvgIpc) is 3.08. The first-order chi connectivity index (χ1) is 20.8. The molecular weight excluding hydrogens is 737 g/mol. The van der Waals surface area contributed by atoms with E-state index < -0.39 is 15.8 Å². The molecule has 0 aliphatic heterocycles. The number of rotatable bonds is 7. The quantitative estimate of drug-likeness (QED) is 0.113. The number of hydrogen-bond donors (Lipinski definition) is 0. The third-order valence-electron chi connectivity index (χ3n) is 6.25. The second kappa shape index (κ2) is 19.5. The van der Waals surface area contributed by atoms with Gasteiger partial charge in [-0.25, -0.2) is 0 Å². The van der Waals surface area contributed by atoms with Gasteiger partial charge in [0.05, 0.1) is 0 Å². The second-order valence-corrected chi connectivity index (χ2v) is 13.6. The van der Waals surface area contributed by atoms with Crippen molar-refractivity contribution in [1.29, 1.82) is 0 Å². The maximum absolute atomic E-state index is 3.36. The van der Waals surface area contributed by atoms with Gasteiger partial charge in [-0.1, -0.05) is 207 Å². The van der Waals surface area contributed by atoms with Crippen molar-refractivity contribution in [3.63, 3.8) is 0 Å². The van der Waals surface area contributed by atoms with Crippen molar-refractivity contribution in [3.05, 3.63) is 207 Å². The van der Waals surface area contributed by atoms with Gasteiger partial charge in [0.15, 0.2) is 0 Å². The predicted octanol–water partition coefficient (Wildman–Crippen LogP) is 8.25. The number of benzene rings is 6. The first-order valence-electron chi connectivity index (χ1n) is 14.0. The molecule has 0 atom stereocenters. The Morgan fingerprint density at radius 2 is 0.419 bits per heavy atom. The van der Waals surface area contributed by atoms with Crippen molar-refractivity contribution in [3.8, 4) is 0 Å². The van der Waals surface area contributed by atoms with E-state index in [-0.39, 0.29) is 21.1 Å². The third-order valence-corrected chi connectivity index (χ3v) is 11.1. The summed E-state index contributed by atoms with van der Waals surface area (Å²) < 4.78 is 0. The summed E-state index contributed by atoms with van der Waals surface area (Å²) >= 11 is 0. The SMILES string of the molecule is C=CC=C.[Pt].c1ccc(P(c2ccccc2)c2ccccc2)cc1.c1ccc(P(c2ccccc2)c2ccccc2)cc1. The van der Waals surface area contributed by atoms with Crippen LogP contribution in [0.3, 0.4) is 0 Å². The summed E-state index contributed by atoms with van der Waals surface area (Å²) in [6, 6.07) is 64.7. The van der Waals surface area contributed by atoms with Gasteiger partial charge in [0.1, 0.15) is 0 Å². The minimum Gasteiger partial charge on any atom is -0.0991 e. The molecule has 216 valence electrons. The third kappa shape index (κ3) is 10.5. The topological polar surface area (TPSA) is 0 Å². The smallest absolute Gasteiger partial charge is 0 e. The largest absolute Gasteiger partial charge is 0.0991 e. The Kier molecular flexibility index (Phi) is 15.4. The van der Waals surface area contributed by atoms with Crippen LogP contribution >= 0.6 is 15.8 Å². The minimum absolute atomic E-state index is 0. The van der Waals surface area contributed by atoms with E-state index in [0.29, 0.717) is 0 Å². The standard InChI is InChI=1S/2C18H15P.C4H6.Pt/c2*1-4-10-16(11-5-1)19(17-12-6-2-7-13-17)18-14-8-3-9-15-18;1-3-4-2;/h2*1-15H;3-4H,1-2H2;. The molecule has 0 fully saturated rings. The van der Waals surface area contributed by atoms with Gasteiger partial charge < -0.3 is 0 Å².